The van der Waals surface area contributed by atoms with E-state index < -0.39 is 0 Å². The van der Waals surface area contributed by atoms with Gasteiger partial charge in [-0.3, -0.25) is 0 Å². The zero-order valence-corrected chi connectivity index (χ0v) is 11.7. The Hall–Kier alpha value is -2.74. The van der Waals surface area contributed by atoms with Crippen molar-refractivity contribution in [2.24, 2.45) is 10.2 Å². The quantitative estimate of drug-likeness (QED) is 0.545. The van der Waals surface area contributed by atoms with Crippen molar-refractivity contribution in [3.05, 3.63) is 96.1 Å². The fraction of sp³-hybridized carbons (Fsp3) is 0.0526. The van der Waals surface area contributed by atoms with E-state index in [9.17, 15) is 0 Å². The van der Waals surface area contributed by atoms with Crippen LogP contribution in [-0.2, 0) is 6.42 Å². The van der Waals surface area contributed by atoms with Crippen LogP contribution in [0, 0.1) is 0 Å². The molecule has 0 amide bonds. The third-order valence-corrected chi connectivity index (χ3v) is 3.20. The molecule has 21 heavy (non-hydrogen) atoms. The first-order valence-corrected chi connectivity index (χ1v) is 7.00. The monoisotopic (exact) mass is 272 g/mol. The van der Waals surface area contributed by atoms with Gasteiger partial charge in [-0.25, -0.2) is 0 Å². The molecule has 0 aromatic heterocycles. The van der Waals surface area contributed by atoms with Gasteiger partial charge in [-0.15, -0.1) is 0 Å². The van der Waals surface area contributed by atoms with Crippen LogP contribution < -0.4 is 0 Å². The minimum absolute atomic E-state index is 0.867. The van der Waals surface area contributed by atoms with Gasteiger partial charge in [-0.1, -0.05) is 60.7 Å². The highest BCUT2D eigenvalue weighted by molar-refractivity contribution is 5.43. The second kappa shape index (κ2) is 6.62. The number of nitrogens with zero attached hydrogens (tertiary/aromatic N) is 2. The lowest BCUT2D eigenvalue weighted by Gasteiger charge is -2.02. The van der Waals surface area contributed by atoms with Gasteiger partial charge in [-0.2, -0.15) is 10.2 Å². The maximum absolute atomic E-state index is 4.30. The van der Waals surface area contributed by atoms with E-state index in [0.717, 1.165) is 17.8 Å². The van der Waals surface area contributed by atoms with Crippen molar-refractivity contribution in [2.75, 3.05) is 0 Å². The molecular weight excluding hydrogens is 256 g/mol. The normalized spacial score (nSPS) is 10.9. The molecule has 3 rings (SSSR count). The second-order valence-corrected chi connectivity index (χ2v) is 4.87. The molecule has 0 atom stereocenters. The van der Waals surface area contributed by atoms with E-state index in [0.29, 0.717) is 0 Å². The Morgan fingerprint density at radius 3 is 1.86 bits per heavy atom. The van der Waals surface area contributed by atoms with Crippen LogP contribution in [0.25, 0.3) is 0 Å². The van der Waals surface area contributed by atoms with Crippen molar-refractivity contribution in [3.8, 4) is 0 Å². The number of rotatable bonds is 4. The van der Waals surface area contributed by atoms with Crippen LogP contribution in [-0.4, -0.2) is 0 Å². The van der Waals surface area contributed by atoms with Crippen LogP contribution in [0.2, 0.25) is 0 Å². The molecule has 0 bridgehead atoms. The third kappa shape index (κ3) is 3.86. The molecule has 102 valence electrons. The van der Waals surface area contributed by atoms with Crippen LogP contribution >= 0.6 is 0 Å². The van der Waals surface area contributed by atoms with Gasteiger partial charge < -0.3 is 0 Å². The first kappa shape index (κ1) is 13.3. The predicted molar refractivity (Wildman–Crippen MR) is 86.3 cm³/mol. The second-order valence-electron chi connectivity index (χ2n) is 4.87. The van der Waals surface area contributed by atoms with Crippen molar-refractivity contribution in [3.63, 3.8) is 0 Å². The van der Waals surface area contributed by atoms with E-state index in [4.69, 9.17) is 0 Å². The van der Waals surface area contributed by atoms with E-state index in [1.54, 1.807) is 0 Å². The zero-order chi connectivity index (χ0) is 14.3. The van der Waals surface area contributed by atoms with Crippen LogP contribution in [0.3, 0.4) is 0 Å². The molecule has 0 saturated carbocycles. The largest absolute Gasteiger partial charge is 0.151 e. The van der Waals surface area contributed by atoms with Crippen molar-refractivity contribution in [1.29, 1.82) is 0 Å². The van der Waals surface area contributed by atoms with Gasteiger partial charge in [0.25, 0.3) is 0 Å². The molecule has 3 aromatic carbocycles. The molecule has 0 N–H and O–H groups in total. The summed E-state index contributed by atoms with van der Waals surface area (Å²) >= 11 is 0. The molecule has 0 heterocycles. The van der Waals surface area contributed by atoms with Crippen LogP contribution in [0.15, 0.2) is 95.2 Å². The molecule has 0 aliphatic rings. The van der Waals surface area contributed by atoms with Gasteiger partial charge in [-0.05, 0) is 41.8 Å². The molecule has 2 nitrogen and oxygen atoms in total. The van der Waals surface area contributed by atoms with Gasteiger partial charge in [0, 0.05) is 0 Å². The number of hydrogen-bond acceptors (Lipinski definition) is 2. The van der Waals surface area contributed by atoms with Crippen LogP contribution in [0.1, 0.15) is 11.1 Å². The first-order chi connectivity index (χ1) is 10.4. The van der Waals surface area contributed by atoms with Crippen LogP contribution in [0.5, 0.6) is 0 Å². The first-order valence-electron chi connectivity index (χ1n) is 7.00. The number of azo groups is 1. The Labute approximate surface area is 124 Å². The van der Waals surface area contributed by atoms with Gasteiger partial charge in [0.1, 0.15) is 0 Å². The Kier molecular flexibility index (Phi) is 4.18. The summed E-state index contributed by atoms with van der Waals surface area (Å²) in [5.41, 5.74) is 4.29. The summed E-state index contributed by atoms with van der Waals surface area (Å²) in [6.07, 6.45) is 0.912. The van der Waals surface area contributed by atoms with E-state index in [2.05, 4.69) is 46.6 Å². The smallest absolute Gasteiger partial charge is 0.0859 e. The third-order valence-electron chi connectivity index (χ3n) is 3.20. The highest BCUT2D eigenvalue weighted by atomic mass is 15.1. The molecule has 0 aliphatic carbocycles. The molecule has 0 saturated heterocycles. The molecule has 0 unspecified atom stereocenters. The van der Waals surface area contributed by atoms with Crippen molar-refractivity contribution >= 4 is 11.4 Å². The lowest BCUT2D eigenvalue weighted by molar-refractivity contribution is 1.17. The Balaban J connectivity index is 1.76. The fourth-order valence-corrected chi connectivity index (χ4v) is 2.17. The summed E-state index contributed by atoms with van der Waals surface area (Å²) < 4.78 is 0. The standard InChI is InChI=1S/C19H16N2/c1-3-8-16(9-4-1)14-17-10-7-13-19(15-17)21-20-18-11-5-2-6-12-18/h1-13,15H,14H2. The number of benzene rings is 3. The molecule has 0 fully saturated rings. The van der Waals surface area contributed by atoms with Gasteiger partial charge in [0.15, 0.2) is 0 Å². The topological polar surface area (TPSA) is 24.7 Å². The zero-order valence-electron chi connectivity index (χ0n) is 11.7. The lowest BCUT2D eigenvalue weighted by atomic mass is 10.0. The summed E-state index contributed by atoms with van der Waals surface area (Å²) in [6.45, 7) is 0. The van der Waals surface area contributed by atoms with E-state index in [-0.39, 0.29) is 0 Å². The average molecular weight is 272 g/mol. The van der Waals surface area contributed by atoms with Crippen molar-refractivity contribution in [1.82, 2.24) is 0 Å². The highest BCUT2D eigenvalue weighted by Gasteiger charge is 1.97. The summed E-state index contributed by atoms with van der Waals surface area (Å²) in [5.74, 6) is 0. The molecule has 0 aliphatic heterocycles. The molecule has 0 radical (unpaired) electrons. The van der Waals surface area contributed by atoms with Crippen LogP contribution in [0.4, 0.5) is 11.4 Å². The average Bonchev–Trinajstić information content (AvgIpc) is 2.55. The maximum Gasteiger partial charge on any atom is 0.0859 e. The van der Waals surface area contributed by atoms with Gasteiger partial charge in [0.2, 0.25) is 0 Å². The SMILES string of the molecule is c1ccc(Cc2cccc(N=Nc3ccccc3)c2)cc1. The summed E-state index contributed by atoms with van der Waals surface area (Å²) in [7, 11) is 0. The summed E-state index contributed by atoms with van der Waals surface area (Å²) in [6, 6.07) is 28.4. The number of hydrogen-bond donors (Lipinski definition) is 0. The molecule has 3 aromatic rings. The van der Waals surface area contributed by atoms with E-state index in [1.165, 1.54) is 11.1 Å². The summed E-state index contributed by atoms with van der Waals surface area (Å²) in [4.78, 5) is 0. The van der Waals surface area contributed by atoms with Gasteiger partial charge in [0.05, 0.1) is 11.4 Å². The lowest BCUT2D eigenvalue weighted by Crippen LogP contribution is -1.86. The van der Waals surface area contributed by atoms with Crippen molar-refractivity contribution < 1.29 is 0 Å². The van der Waals surface area contributed by atoms with Crippen molar-refractivity contribution in [2.45, 2.75) is 6.42 Å². The minimum atomic E-state index is 0.867. The highest BCUT2D eigenvalue weighted by Crippen LogP contribution is 2.20. The fourth-order valence-electron chi connectivity index (χ4n) is 2.17. The Morgan fingerprint density at radius 2 is 1.10 bits per heavy atom. The molecule has 0 spiro atoms. The maximum atomic E-state index is 4.30. The Morgan fingerprint density at radius 1 is 0.524 bits per heavy atom. The van der Waals surface area contributed by atoms with E-state index >= 15 is 0 Å². The summed E-state index contributed by atoms with van der Waals surface area (Å²) in [5, 5.41) is 8.55. The van der Waals surface area contributed by atoms with E-state index in [1.807, 2.05) is 48.5 Å². The molecular formula is C19H16N2. The van der Waals surface area contributed by atoms with Gasteiger partial charge >= 0.3 is 0 Å². The Bertz CT molecular complexity index is 719. The molecule has 2 heteroatoms. The predicted octanol–water partition coefficient (Wildman–Crippen LogP) is 5.69. The minimum Gasteiger partial charge on any atom is -0.151 e.